The fourth-order valence-electron chi connectivity index (χ4n) is 3.42. The molecular formula is C14H25NO2. The van der Waals surface area contributed by atoms with Crippen molar-refractivity contribution in [3.05, 3.63) is 0 Å². The highest BCUT2D eigenvalue weighted by molar-refractivity contribution is 5.73. The molecule has 0 radical (unpaired) electrons. The Morgan fingerprint density at radius 1 is 1.35 bits per heavy atom. The number of aliphatic carboxylic acids is 1. The minimum Gasteiger partial charge on any atom is -0.481 e. The number of hydrogen-bond donors (Lipinski definition) is 2. The van der Waals surface area contributed by atoms with Crippen molar-refractivity contribution in [2.45, 2.75) is 46.0 Å². The highest BCUT2D eigenvalue weighted by Crippen LogP contribution is 2.47. The largest absolute Gasteiger partial charge is 0.481 e. The van der Waals surface area contributed by atoms with Crippen LogP contribution in [-0.4, -0.2) is 24.2 Å². The van der Waals surface area contributed by atoms with E-state index in [1.807, 2.05) is 0 Å². The number of carboxylic acid groups (broad SMARTS) is 1. The zero-order valence-electron chi connectivity index (χ0n) is 11.0. The highest BCUT2D eigenvalue weighted by atomic mass is 16.4. The van der Waals surface area contributed by atoms with E-state index in [1.165, 1.54) is 25.7 Å². The second-order valence-corrected chi connectivity index (χ2v) is 6.58. The van der Waals surface area contributed by atoms with Crippen molar-refractivity contribution in [3.63, 3.8) is 0 Å². The molecule has 2 aliphatic carbocycles. The predicted octanol–water partition coefficient (Wildman–Crippen LogP) is 2.51. The van der Waals surface area contributed by atoms with Gasteiger partial charge in [0, 0.05) is 0 Å². The number of hydrogen-bond acceptors (Lipinski definition) is 2. The normalized spacial score (nSPS) is 32.0. The lowest BCUT2D eigenvalue weighted by molar-refractivity contribution is -0.147. The first kappa shape index (κ1) is 12.9. The molecule has 2 N–H and O–H groups in total. The van der Waals surface area contributed by atoms with Crippen LogP contribution in [0.3, 0.4) is 0 Å². The van der Waals surface area contributed by atoms with Crippen LogP contribution < -0.4 is 5.32 Å². The zero-order valence-corrected chi connectivity index (χ0v) is 11.0. The van der Waals surface area contributed by atoms with Gasteiger partial charge >= 0.3 is 5.97 Å². The fourth-order valence-corrected chi connectivity index (χ4v) is 3.42. The van der Waals surface area contributed by atoms with Crippen molar-refractivity contribution >= 4 is 5.97 Å². The van der Waals surface area contributed by atoms with Gasteiger partial charge in [0.15, 0.2) is 0 Å². The van der Waals surface area contributed by atoms with Gasteiger partial charge in [-0.15, -0.1) is 0 Å². The minimum atomic E-state index is -0.695. The first-order chi connectivity index (χ1) is 7.99. The Hall–Kier alpha value is -0.570. The van der Waals surface area contributed by atoms with Gasteiger partial charge in [-0.1, -0.05) is 6.42 Å². The molecule has 0 amide bonds. The third kappa shape index (κ3) is 3.01. The molecule has 3 unspecified atom stereocenters. The van der Waals surface area contributed by atoms with E-state index in [0.717, 1.165) is 30.8 Å². The lowest BCUT2D eigenvalue weighted by atomic mass is 9.88. The van der Waals surface area contributed by atoms with Crippen molar-refractivity contribution in [2.24, 2.45) is 23.2 Å². The summed E-state index contributed by atoms with van der Waals surface area (Å²) in [5, 5.41) is 12.5. The van der Waals surface area contributed by atoms with Crippen LogP contribution in [0.4, 0.5) is 0 Å². The summed E-state index contributed by atoms with van der Waals surface area (Å²) in [6, 6.07) is 0. The van der Waals surface area contributed by atoms with Gasteiger partial charge in [0.1, 0.15) is 0 Å². The molecule has 2 rings (SSSR count). The first-order valence-electron chi connectivity index (χ1n) is 6.93. The van der Waals surface area contributed by atoms with Gasteiger partial charge < -0.3 is 10.4 Å². The topological polar surface area (TPSA) is 49.3 Å². The summed E-state index contributed by atoms with van der Waals surface area (Å²) < 4.78 is 0. The summed E-state index contributed by atoms with van der Waals surface area (Å²) in [5.74, 6) is 2.13. The van der Waals surface area contributed by atoms with E-state index < -0.39 is 11.4 Å². The highest BCUT2D eigenvalue weighted by Gasteiger charge is 2.38. The summed E-state index contributed by atoms with van der Waals surface area (Å²) in [7, 11) is 0. The van der Waals surface area contributed by atoms with E-state index in [2.05, 4.69) is 5.32 Å². The van der Waals surface area contributed by atoms with Gasteiger partial charge in [0.25, 0.3) is 0 Å². The summed E-state index contributed by atoms with van der Waals surface area (Å²) in [6.07, 6.45) is 6.45. The van der Waals surface area contributed by atoms with Gasteiger partial charge in [0.2, 0.25) is 0 Å². The van der Waals surface area contributed by atoms with Gasteiger partial charge in [-0.3, -0.25) is 4.79 Å². The lowest BCUT2D eigenvalue weighted by Crippen LogP contribution is -2.32. The van der Waals surface area contributed by atoms with Crippen LogP contribution in [0.5, 0.6) is 0 Å². The van der Waals surface area contributed by atoms with E-state index in [4.69, 9.17) is 5.11 Å². The number of carboxylic acids is 1. The van der Waals surface area contributed by atoms with Crippen molar-refractivity contribution in [2.75, 3.05) is 13.1 Å². The second kappa shape index (κ2) is 4.97. The molecule has 3 heteroatoms. The van der Waals surface area contributed by atoms with Crippen LogP contribution in [-0.2, 0) is 4.79 Å². The molecule has 2 aliphatic rings. The molecule has 3 nitrogen and oxygen atoms in total. The molecule has 0 aromatic heterocycles. The van der Waals surface area contributed by atoms with Gasteiger partial charge in [0.05, 0.1) is 5.41 Å². The summed E-state index contributed by atoms with van der Waals surface area (Å²) in [5.41, 5.74) is -0.596. The van der Waals surface area contributed by atoms with Crippen LogP contribution in [0.2, 0.25) is 0 Å². The predicted molar refractivity (Wildman–Crippen MR) is 67.8 cm³/mol. The Labute approximate surface area is 104 Å². The molecule has 0 aromatic carbocycles. The van der Waals surface area contributed by atoms with Crippen LogP contribution in [0, 0.1) is 23.2 Å². The Kier molecular flexibility index (Phi) is 3.76. The number of nitrogens with one attached hydrogen (secondary N) is 1. The Balaban J connectivity index is 1.62. The maximum Gasteiger partial charge on any atom is 0.309 e. The van der Waals surface area contributed by atoms with E-state index >= 15 is 0 Å². The monoisotopic (exact) mass is 239 g/mol. The SMILES string of the molecule is CC(C)(CCNCC1CC2CCC1C2)C(=O)O. The van der Waals surface area contributed by atoms with E-state index in [9.17, 15) is 4.79 Å². The second-order valence-electron chi connectivity index (χ2n) is 6.58. The molecule has 2 bridgehead atoms. The summed E-state index contributed by atoms with van der Waals surface area (Å²) >= 11 is 0. The van der Waals surface area contributed by atoms with Crippen LogP contribution in [0.15, 0.2) is 0 Å². The molecule has 98 valence electrons. The summed E-state index contributed by atoms with van der Waals surface area (Å²) in [6.45, 7) is 5.52. The molecule has 0 spiro atoms. The standard InChI is InChI=1S/C14H25NO2/c1-14(2,13(16)17)5-6-15-9-12-8-10-3-4-11(12)7-10/h10-12,15H,3-9H2,1-2H3,(H,16,17). The van der Waals surface area contributed by atoms with Crippen molar-refractivity contribution < 1.29 is 9.90 Å². The zero-order chi connectivity index (χ0) is 12.5. The average Bonchev–Trinajstić information content (AvgIpc) is 2.85. The third-order valence-corrected chi connectivity index (χ3v) is 4.80. The molecule has 17 heavy (non-hydrogen) atoms. The van der Waals surface area contributed by atoms with Gasteiger partial charge in [-0.25, -0.2) is 0 Å². The molecule has 0 aromatic rings. The third-order valence-electron chi connectivity index (χ3n) is 4.80. The minimum absolute atomic E-state index is 0.596. The summed E-state index contributed by atoms with van der Waals surface area (Å²) in [4.78, 5) is 10.9. The average molecular weight is 239 g/mol. The van der Waals surface area contributed by atoms with Crippen molar-refractivity contribution in [1.82, 2.24) is 5.32 Å². The van der Waals surface area contributed by atoms with Crippen LogP contribution in [0.1, 0.15) is 46.0 Å². The Bertz CT molecular complexity index is 288. The maximum absolute atomic E-state index is 10.9. The van der Waals surface area contributed by atoms with E-state index in [1.54, 1.807) is 13.8 Å². The number of fused-ring (bicyclic) bond motifs is 2. The van der Waals surface area contributed by atoms with Gasteiger partial charge in [-0.05, 0) is 70.4 Å². The Morgan fingerprint density at radius 3 is 2.65 bits per heavy atom. The van der Waals surface area contributed by atoms with Crippen LogP contribution >= 0.6 is 0 Å². The first-order valence-corrected chi connectivity index (χ1v) is 6.93. The maximum atomic E-state index is 10.9. The van der Waals surface area contributed by atoms with E-state index in [0.29, 0.717) is 6.42 Å². The molecule has 3 atom stereocenters. The van der Waals surface area contributed by atoms with E-state index in [-0.39, 0.29) is 0 Å². The quantitative estimate of drug-likeness (QED) is 0.700. The van der Waals surface area contributed by atoms with Crippen molar-refractivity contribution in [3.8, 4) is 0 Å². The fraction of sp³-hybridized carbons (Fsp3) is 0.929. The molecule has 2 saturated carbocycles. The molecule has 2 fully saturated rings. The molecule has 0 aliphatic heterocycles. The van der Waals surface area contributed by atoms with Crippen molar-refractivity contribution in [1.29, 1.82) is 0 Å². The number of carbonyl (C=O) groups is 1. The molecule has 0 heterocycles. The molecular weight excluding hydrogens is 214 g/mol. The Morgan fingerprint density at radius 2 is 2.12 bits per heavy atom. The molecule has 0 saturated heterocycles. The lowest BCUT2D eigenvalue weighted by Gasteiger charge is -2.23. The van der Waals surface area contributed by atoms with Crippen LogP contribution in [0.25, 0.3) is 0 Å². The number of rotatable bonds is 6. The smallest absolute Gasteiger partial charge is 0.309 e. The van der Waals surface area contributed by atoms with Gasteiger partial charge in [-0.2, -0.15) is 0 Å².